The van der Waals surface area contributed by atoms with E-state index in [1.54, 1.807) is 4.90 Å². The molecule has 130 valence electrons. The zero-order valence-corrected chi connectivity index (χ0v) is 14.1. The standard InChI is InChI=1S/C17H19N5O3/c1-10(2)15-20-21-16(25-15)13-9-22(7-8-24-13)17(23)14-11-5-3-4-6-12(11)18-19-14/h3-6,10,13H,7-9H2,1-2H3,(H,18,19)/t13-/m0/s1. The van der Waals surface area contributed by atoms with Crippen LogP contribution in [-0.4, -0.2) is 50.9 Å². The molecule has 4 rings (SSSR count). The number of morpholine rings is 1. The van der Waals surface area contributed by atoms with Crippen LogP contribution in [0.25, 0.3) is 10.9 Å². The van der Waals surface area contributed by atoms with Crippen molar-refractivity contribution in [3.63, 3.8) is 0 Å². The number of rotatable bonds is 3. The minimum atomic E-state index is -0.414. The summed E-state index contributed by atoms with van der Waals surface area (Å²) >= 11 is 0. The number of ether oxygens (including phenoxy) is 1. The van der Waals surface area contributed by atoms with Gasteiger partial charge in [0, 0.05) is 17.8 Å². The number of para-hydroxylation sites is 1. The van der Waals surface area contributed by atoms with Crippen LogP contribution >= 0.6 is 0 Å². The Morgan fingerprint density at radius 2 is 2.16 bits per heavy atom. The lowest BCUT2D eigenvalue weighted by Crippen LogP contribution is -2.42. The first kappa shape index (κ1) is 15.8. The molecule has 0 bridgehead atoms. The molecule has 8 nitrogen and oxygen atoms in total. The summed E-state index contributed by atoms with van der Waals surface area (Å²) in [6.45, 7) is 5.24. The highest BCUT2D eigenvalue weighted by atomic mass is 16.5. The van der Waals surface area contributed by atoms with E-state index < -0.39 is 6.10 Å². The molecule has 1 aliphatic rings. The number of aromatic amines is 1. The molecule has 0 unspecified atom stereocenters. The molecule has 8 heteroatoms. The SMILES string of the molecule is CC(C)c1nnc([C@@H]2CN(C(=O)c3n[nH]c4ccccc34)CCO2)o1. The molecular formula is C17H19N5O3. The van der Waals surface area contributed by atoms with E-state index in [0.29, 0.717) is 37.2 Å². The van der Waals surface area contributed by atoms with Crippen molar-refractivity contribution in [2.24, 2.45) is 0 Å². The average Bonchev–Trinajstić information content (AvgIpc) is 3.28. The second-order valence-electron chi connectivity index (χ2n) is 6.36. The number of benzene rings is 1. The largest absolute Gasteiger partial charge is 0.422 e. The fourth-order valence-corrected chi connectivity index (χ4v) is 2.87. The second kappa shape index (κ2) is 6.29. The van der Waals surface area contributed by atoms with E-state index >= 15 is 0 Å². The Hall–Kier alpha value is -2.74. The van der Waals surface area contributed by atoms with Crippen molar-refractivity contribution in [1.29, 1.82) is 0 Å². The van der Waals surface area contributed by atoms with Gasteiger partial charge in [-0.25, -0.2) is 0 Å². The normalized spacial score (nSPS) is 18.2. The van der Waals surface area contributed by atoms with Gasteiger partial charge in [0.1, 0.15) is 0 Å². The summed E-state index contributed by atoms with van der Waals surface area (Å²) in [5.41, 5.74) is 1.26. The van der Waals surface area contributed by atoms with Gasteiger partial charge in [0.2, 0.25) is 11.8 Å². The van der Waals surface area contributed by atoms with E-state index in [1.165, 1.54) is 0 Å². The number of hydrogen-bond donors (Lipinski definition) is 1. The van der Waals surface area contributed by atoms with Crippen LogP contribution in [0.15, 0.2) is 28.7 Å². The van der Waals surface area contributed by atoms with E-state index in [4.69, 9.17) is 9.15 Å². The van der Waals surface area contributed by atoms with Gasteiger partial charge in [0.15, 0.2) is 11.8 Å². The fraction of sp³-hybridized carbons (Fsp3) is 0.412. The molecule has 1 amide bonds. The lowest BCUT2D eigenvalue weighted by atomic mass is 10.2. The first-order valence-electron chi connectivity index (χ1n) is 8.30. The third kappa shape index (κ3) is 2.89. The van der Waals surface area contributed by atoms with Gasteiger partial charge in [-0.2, -0.15) is 5.10 Å². The number of carbonyl (C=O) groups excluding carboxylic acids is 1. The van der Waals surface area contributed by atoms with E-state index in [-0.39, 0.29) is 11.8 Å². The zero-order valence-electron chi connectivity index (χ0n) is 14.1. The zero-order chi connectivity index (χ0) is 17.4. The molecule has 1 fully saturated rings. The van der Waals surface area contributed by atoms with Crippen molar-refractivity contribution < 1.29 is 13.9 Å². The summed E-state index contributed by atoms with van der Waals surface area (Å²) < 4.78 is 11.4. The molecule has 1 aliphatic heterocycles. The second-order valence-corrected chi connectivity index (χ2v) is 6.36. The Morgan fingerprint density at radius 3 is 2.96 bits per heavy atom. The Morgan fingerprint density at radius 1 is 1.32 bits per heavy atom. The van der Waals surface area contributed by atoms with Crippen LogP contribution in [0, 0.1) is 0 Å². The Bertz CT molecular complexity index is 900. The number of nitrogens with one attached hydrogen (secondary N) is 1. The van der Waals surface area contributed by atoms with Gasteiger partial charge in [0.05, 0.1) is 18.7 Å². The molecule has 0 saturated carbocycles. The molecule has 0 spiro atoms. The molecule has 0 aliphatic carbocycles. The Kier molecular flexibility index (Phi) is 3.96. The molecule has 2 aromatic heterocycles. The summed E-state index contributed by atoms with van der Waals surface area (Å²) in [5.74, 6) is 1.00. The molecule has 1 N–H and O–H groups in total. The minimum Gasteiger partial charge on any atom is -0.422 e. The van der Waals surface area contributed by atoms with E-state index in [0.717, 1.165) is 10.9 Å². The molecule has 0 radical (unpaired) electrons. The summed E-state index contributed by atoms with van der Waals surface area (Å²) in [4.78, 5) is 14.6. The maximum atomic E-state index is 12.9. The maximum absolute atomic E-state index is 12.9. The Labute approximate surface area is 144 Å². The van der Waals surface area contributed by atoms with Crippen LogP contribution in [0.5, 0.6) is 0 Å². The van der Waals surface area contributed by atoms with E-state index in [2.05, 4.69) is 20.4 Å². The van der Waals surface area contributed by atoms with Crippen molar-refractivity contribution in [3.05, 3.63) is 41.7 Å². The predicted molar refractivity (Wildman–Crippen MR) is 89.1 cm³/mol. The van der Waals surface area contributed by atoms with Crippen LogP contribution < -0.4 is 0 Å². The van der Waals surface area contributed by atoms with Crippen molar-refractivity contribution in [3.8, 4) is 0 Å². The monoisotopic (exact) mass is 341 g/mol. The van der Waals surface area contributed by atoms with Gasteiger partial charge in [-0.15, -0.1) is 10.2 Å². The highest BCUT2D eigenvalue weighted by Crippen LogP contribution is 2.25. The number of nitrogens with zero attached hydrogens (tertiary/aromatic N) is 4. The maximum Gasteiger partial charge on any atom is 0.275 e. The quantitative estimate of drug-likeness (QED) is 0.785. The number of hydrogen-bond acceptors (Lipinski definition) is 6. The first-order chi connectivity index (χ1) is 12.1. The van der Waals surface area contributed by atoms with Crippen LogP contribution in [0.4, 0.5) is 0 Å². The molecule has 1 atom stereocenters. The summed E-state index contributed by atoms with van der Waals surface area (Å²) in [5, 5.41) is 16.0. The van der Waals surface area contributed by atoms with Crippen LogP contribution in [-0.2, 0) is 4.74 Å². The summed E-state index contributed by atoms with van der Waals surface area (Å²) in [7, 11) is 0. The Balaban J connectivity index is 1.55. The predicted octanol–water partition coefficient (Wildman–Crippen LogP) is 2.28. The van der Waals surface area contributed by atoms with Crippen molar-refractivity contribution >= 4 is 16.8 Å². The van der Waals surface area contributed by atoms with Crippen molar-refractivity contribution in [2.45, 2.75) is 25.9 Å². The molecule has 1 aromatic carbocycles. The first-order valence-corrected chi connectivity index (χ1v) is 8.30. The van der Waals surface area contributed by atoms with E-state index in [9.17, 15) is 4.79 Å². The lowest BCUT2D eigenvalue weighted by molar-refractivity contribution is -0.0352. The minimum absolute atomic E-state index is 0.130. The highest BCUT2D eigenvalue weighted by molar-refractivity contribution is 6.04. The third-order valence-electron chi connectivity index (χ3n) is 4.25. The van der Waals surface area contributed by atoms with Gasteiger partial charge in [0.25, 0.3) is 5.91 Å². The van der Waals surface area contributed by atoms with Crippen LogP contribution in [0.3, 0.4) is 0 Å². The van der Waals surface area contributed by atoms with Crippen LogP contribution in [0.2, 0.25) is 0 Å². The number of carbonyl (C=O) groups is 1. The third-order valence-corrected chi connectivity index (χ3v) is 4.25. The molecule has 1 saturated heterocycles. The number of amides is 1. The molecular weight excluding hydrogens is 322 g/mol. The smallest absolute Gasteiger partial charge is 0.275 e. The van der Waals surface area contributed by atoms with Gasteiger partial charge in [-0.05, 0) is 6.07 Å². The fourth-order valence-electron chi connectivity index (χ4n) is 2.87. The topological polar surface area (TPSA) is 97.1 Å². The van der Waals surface area contributed by atoms with Gasteiger partial charge >= 0.3 is 0 Å². The summed E-state index contributed by atoms with van der Waals surface area (Å²) in [6, 6.07) is 7.58. The van der Waals surface area contributed by atoms with Crippen molar-refractivity contribution in [2.75, 3.05) is 19.7 Å². The van der Waals surface area contributed by atoms with E-state index in [1.807, 2.05) is 38.1 Å². The number of aromatic nitrogens is 4. The van der Waals surface area contributed by atoms with Gasteiger partial charge < -0.3 is 14.1 Å². The average molecular weight is 341 g/mol. The van der Waals surface area contributed by atoms with Crippen LogP contribution in [0.1, 0.15) is 48.1 Å². The molecule has 3 heterocycles. The van der Waals surface area contributed by atoms with Gasteiger partial charge in [-0.3, -0.25) is 9.89 Å². The van der Waals surface area contributed by atoms with Gasteiger partial charge in [-0.1, -0.05) is 32.0 Å². The summed E-state index contributed by atoms with van der Waals surface area (Å²) in [6.07, 6.45) is -0.414. The van der Waals surface area contributed by atoms with Crippen molar-refractivity contribution in [1.82, 2.24) is 25.3 Å². The lowest BCUT2D eigenvalue weighted by Gasteiger charge is -2.30. The number of H-pyrrole nitrogens is 1. The number of fused-ring (bicyclic) bond motifs is 1. The molecule has 3 aromatic rings. The highest BCUT2D eigenvalue weighted by Gasteiger charge is 2.31. The molecule has 25 heavy (non-hydrogen) atoms.